The monoisotopic (exact) mass is 588 g/mol. The number of nitrogens with zero attached hydrogens (tertiary/aromatic N) is 4. The molecule has 6 rings (SSSR count). The maximum Gasteiger partial charge on any atom is 0.304 e. The average Bonchev–Trinajstić information content (AvgIpc) is 3.53. The Morgan fingerprint density at radius 1 is 1.17 bits per heavy atom. The van der Waals surface area contributed by atoms with Crippen LogP contribution >= 0.6 is 11.3 Å². The van der Waals surface area contributed by atoms with Gasteiger partial charge in [0.25, 0.3) is 0 Å². The minimum atomic E-state index is -0.952. The van der Waals surface area contributed by atoms with Crippen LogP contribution in [-0.4, -0.2) is 58.2 Å². The Hall–Kier alpha value is -3.63. The lowest BCUT2D eigenvalue weighted by Gasteiger charge is -2.31. The third-order valence-corrected chi connectivity index (χ3v) is 9.28. The topological polar surface area (TPSA) is 113 Å². The zero-order valence-corrected chi connectivity index (χ0v) is 24.6. The Bertz CT molecular complexity index is 1450. The Kier molecular flexibility index (Phi) is 8.35. The summed E-state index contributed by atoms with van der Waals surface area (Å²) in [5.41, 5.74) is 3.56. The number of benzene rings is 1. The molecule has 0 bridgehead atoms. The van der Waals surface area contributed by atoms with E-state index in [4.69, 9.17) is 9.72 Å². The number of hydrogen-bond acceptors (Lipinski definition) is 7. The number of rotatable bonds is 10. The average molecular weight is 589 g/mol. The van der Waals surface area contributed by atoms with Crippen LogP contribution in [0, 0.1) is 11.8 Å². The van der Waals surface area contributed by atoms with E-state index in [9.17, 15) is 19.5 Å². The van der Waals surface area contributed by atoms with Crippen LogP contribution in [0.5, 0.6) is 0 Å². The van der Waals surface area contributed by atoms with Crippen molar-refractivity contribution in [3.8, 4) is 22.4 Å². The summed E-state index contributed by atoms with van der Waals surface area (Å²) in [6.45, 7) is 3.38. The van der Waals surface area contributed by atoms with E-state index in [1.807, 2.05) is 48.7 Å². The highest BCUT2D eigenvalue weighted by Crippen LogP contribution is 2.40. The van der Waals surface area contributed by atoms with Crippen molar-refractivity contribution in [3.63, 3.8) is 0 Å². The number of carbonyl (C=O) groups is 3. The fourth-order valence-corrected chi connectivity index (χ4v) is 7.10. The number of pyridine rings is 1. The molecule has 3 fully saturated rings. The second-order valence-corrected chi connectivity index (χ2v) is 12.5. The zero-order chi connectivity index (χ0) is 29.2. The van der Waals surface area contributed by atoms with Gasteiger partial charge in [0.2, 0.25) is 11.8 Å². The third kappa shape index (κ3) is 6.24. The van der Waals surface area contributed by atoms with Gasteiger partial charge in [-0.15, -0.1) is 11.3 Å². The van der Waals surface area contributed by atoms with Gasteiger partial charge in [0.05, 0.1) is 18.2 Å². The molecule has 1 aromatic carbocycles. The first kappa shape index (κ1) is 28.5. The number of anilines is 2. The highest BCUT2D eigenvalue weighted by atomic mass is 32.1. The van der Waals surface area contributed by atoms with Crippen LogP contribution in [0.1, 0.15) is 58.3 Å². The molecule has 10 heteroatoms. The van der Waals surface area contributed by atoms with Crippen LogP contribution in [0.2, 0.25) is 0 Å². The van der Waals surface area contributed by atoms with Gasteiger partial charge in [0.1, 0.15) is 5.82 Å². The van der Waals surface area contributed by atoms with Crippen molar-refractivity contribution < 1.29 is 24.2 Å². The van der Waals surface area contributed by atoms with Gasteiger partial charge in [-0.2, -0.15) is 0 Å². The summed E-state index contributed by atoms with van der Waals surface area (Å²) in [5, 5.41) is 12.3. The maximum atomic E-state index is 14.0. The normalized spacial score (nSPS) is 21.4. The number of hydrogen-bond donors (Lipinski definition) is 1. The highest BCUT2D eigenvalue weighted by Gasteiger charge is 2.40. The van der Waals surface area contributed by atoms with Gasteiger partial charge in [-0.25, -0.2) is 9.97 Å². The Morgan fingerprint density at radius 3 is 2.64 bits per heavy atom. The number of ether oxygens (including phenoxy) is 1. The molecule has 2 saturated heterocycles. The van der Waals surface area contributed by atoms with Gasteiger partial charge < -0.3 is 9.84 Å². The van der Waals surface area contributed by atoms with E-state index in [2.05, 4.69) is 4.98 Å². The summed E-state index contributed by atoms with van der Waals surface area (Å²) in [4.78, 5) is 51.0. The molecule has 42 heavy (non-hydrogen) atoms. The van der Waals surface area contributed by atoms with Crippen molar-refractivity contribution >= 4 is 40.1 Å². The van der Waals surface area contributed by atoms with E-state index < -0.39 is 11.9 Å². The smallest absolute Gasteiger partial charge is 0.304 e. The molecule has 1 unspecified atom stereocenters. The number of carboxylic acids is 1. The van der Waals surface area contributed by atoms with E-state index in [-0.39, 0.29) is 36.3 Å². The largest absolute Gasteiger partial charge is 0.481 e. The van der Waals surface area contributed by atoms with Crippen LogP contribution in [0.3, 0.4) is 0 Å². The number of aliphatic carboxylic acids is 1. The number of aromatic nitrogens is 2. The Labute approximate surface area is 249 Å². The lowest BCUT2D eigenvalue weighted by Crippen LogP contribution is -2.40. The first-order valence-corrected chi connectivity index (χ1v) is 15.7. The number of carbonyl (C=O) groups excluding carboxylic acids is 2. The van der Waals surface area contributed by atoms with Gasteiger partial charge in [-0.1, -0.05) is 24.3 Å². The van der Waals surface area contributed by atoms with E-state index >= 15 is 0 Å². The second-order valence-electron chi connectivity index (χ2n) is 11.7. The van der Waals surface area contributed by atoms with E-state index in [1.54, 1.807) is 16.0 Å². The van der Waals surface area contributed by atoms with Gasteiger partial charge in [0.15, 0.2) is 5.13 Å². The lowest BCUT2D eigenvalue weighted by molar-refractivity contribution is -0.141. The summed E-state index contributed by atoms with van der Waals surface area (Å²) < 4.78 is 5.68. The fraction of sp³-hybridized carbons (Fsp3) is 0.469. The van der Waals surface area contributed by atoms with E-state index in [0.29, 0.717) is 36.9 Å². The van der Waals surface area contributed by atoms with E-state index in [0.717, 1.165) is 54.5 Å². The van der Waals surface area contributed by atoms with Crippen LogP contribution in [0.15, 0.2) is 48.0 Å². The molecular formula is C32H36N4O5S. The van der Waals surface area contributed by atoms with Crippen molar-refractivity contribution in [2.75, 3.05) is 23.0 Å². The second kappa shape index (κ2) is 12.3. The van der Waals surface area contributed by atoms with Gasteiger partial charge in [0, 0.05) is 54.2 Å². The van der Waals surface area contributed by atoms with Crippen molar-refractivity contribution in [1.82, 2.24) is 9.97 Å². The molecule has 3 atom stereocenters. The SMILES string of the molecule is C[C@H]1CC(C[C@H](CC(=O)O)C(=O)N(c2nc(-c3ccccc3-c3ccc(N4CCCC4=O)nc3)cs2)C2CC2)CCO1. The molecule has 0 radical (unpaired) electrons. The minimum absolute atomic E-state index is 0.0571. The molecule has 1 aliphatic carbocycles. The van der Waals surface area contributed by atoms with Gasteiger partial charge >= 0.3 is 5.97 Å². The predicted molar refractivity (Wildman–Crippen MR) is 161 cm³/mol. The number of carboxylic acid groups (broad SMARTS) is 1. The van der Waals surface area contributed by atoms with Crippen LogP contribution in [-0.2, 0) is 19.1 Å². The summed E-state index contributed by atoms with van der Waals surface area (Å²) >= 11 is 1.42. The minimum Gasteiger partial charge on any atom is -0.481 e. The van der Waals surface area contributed by atoms with Crippen LogP contribution < -0.4 is 9.80 Å². The maximum absolute atomic E-state index is 14.0. The standard InChI is InChI=1S/C32H36N4O5S/c1-20-15-21(12-14-41-20)16-23(17-30(38)39)31(40)36(24-9-10-24)32-34-27(19-42-32)26-6-3-2-5-25(26)22-8-11-28(33-18-22)35-13-4-7-29(35)37/h2-3,5-6,8,11,18-21,23-24H,4,7,9-10,12-17H2,1H3,(H,38,39)/t20-,21?,23+/m0/s1. The predicted octanol–water partition coefficient (Wildman–Crippen LogP) is 5.79. The number of thiazole rings is 1. The first-order valence-electron chi connectivity index (χ1n) is 14.9. The molecule has 3 aromatic rings. The fourth-order valence-electron chi connectivity index (χ4n) is 6.20. The lowest BCUT2D eigenvalue weighted by atomic mass is 9.84. The summed E-state index contributed by atoms with van der Waals surface area (Å²) in [7, 11) is 0. The molecule has 0 spiro atoms. The molecule has 2 aliphatic heterocycles. The highest BCUT2D eigenvalue weighted by molar-refractivity contribution is 7.14. The summed E-state index contributed by atoms with van der Waals surface area (Å²) in [6.07, 6.45) is 7.17. The first-order chi connectivity index (χ1) is 20.4. The summed E-state index contributed by atoms with van der Waals surface area (Å²) in [6, 6.07) is 11.9. The number of amides is 2. The van der Waals surface area contributed by atoms with Crippen molar-refractivity contribution in [1.29, 1.82) is 0 Å². The molecule has 1 saturated carbocycles. The molecule has 9 nitrogen and oxygen atoms in total. The molecule has 1 N–H and O–H groups in total. The molecule has 220 valence electrons. The van der Waals surface area contributed by atoms with Crippen molar-refractivity contribution in [2.45, 2.75) is 70.4 Å². The van der Waals surface area contributed by atoms with Crippen molar-refractivity contribution in [2.24, 2.45) is 11.8 Å². The molecule has 2 aromatic heterocycles. The van der Waals surface area contributed by atoms with Crippen LogP contribution in [0.4, 0.5) is 10.9 Å². The molecule has 3 aliphatic rings. The molecule has 4 heterocycles. The van der Waals surface area contributed by atoms with Gasteiger partial charge in [-0.05, 0) is 69.1 Å². The van der Waals surface area contributed by atoms with E-state index in [1.165, 1.54) is 11.3 Å². The Balaban J connectivity index is 1.25. The molecular weight excluding hydrogens is 552 g/mol. The Morgan fingerprint density at radius 2 is 1.98 bits per heavy atom. The zero-order valence-electron chi connectivity index (χ0n) is 23.8. The third-order valence-electron chi connectivity index (χ3n) is 8.44. The van der Waals surface area contributed by atoms with Gasteiger partial charge in [-0.3, -0.25) is 24.2 Å². The van der Waals surface area contributed by atoms with Crippen molar-refractivity contribution in [3.05, 3.63) is 48.0 Å². The molecule has 2 amide bonds. The quantitative estimate of drug-likeness (QED) is 0.319. The summed E-state index contributed by atoms with van der Waals surface area (Å²) in [5.74, 6) is -0.639. The van der Waals surface area contributed by atoms with Crippen LogP contribution in [0.25, 0.3) is 22.4 Å².